The van der Waals surface area contributed by atoms with E-state index in [1.165, 1.54) is 0 Å². The molecule has 3 rings (SSSR count). The first-order chi connectivity index (χ1) is 12.8. The highest BCUT2D eigenvalue weighted by atomic mass is 16.5. The molecule has 1 atom stereocenters. The second-order valence-electron chi connectivity index (χ2n) is 5.97. The van der Waals surface area contributed by atoms with Crippen LogP contribution in [0.15, 0.2) is 77.4 Å². The highest BCUT2D eigenvalue weighted by Gasteiger charge is 2.21. The minimum absolute atomic E-state index is 0.0201. The third-order valence-electron chi connectivity index (χ3n) is 4.20. The number of quaternary nitrogens is 1. The Morgan fingerprint density at radius 3 is 2.50 bits per heavy atom. The lowest BCUT2D eigenvalue weighted by Gasteiger charge is -2.14. The van der Waals surface area contributed by atoms with E-state index in [-0.39, 0.29) is 11.9 Å². The normalized spacial score (nSPS) is 11.7. The van der Waals surface area contributed by atoms with E-state index in [0.29, 0.717) is 13.1 Å². The number of hydrogen-bond donors (Lipinski definition) is 2. The van der Waals surface area contributed by atoms with Crippen molar-refractivity contribution in [3.63, 3.8) is 0 Å². The summed E-state index contributed by atoms with van der Waals surface area (Å²) in [5.74, 6) is 1.62. The fourth-order valence-electron chi connectivity index (χ4n) is 2.79. The van der Waals surface area contributed by atoms with Crippen molar-refractivity contribution in [3.8, 4) is 5.75 Å². The molecule has 5 nitrogen and oxygen atoms in total. The van der Waals surface area contributed by atoms with Crippen molar-refractivity contribution in [2.75, 3.05) is 13.7 Å². The number of benzene rings is 2. The number of carbonyl (C=O) groups is 1. The van der Waals surface area contributed by atoms with Gasteiger partial charge in [-0.25, -0.2) is 0 Å². The predicted octanol–water partition coefficient (Wildman–Crippen LogP) is 2.26. The lowest BCUT2D eigenvalue weighted by molar-refractivity contribution is -0.678. The van der Waals surface area contributed by atoms with Gasteiger partial charge in [-0.1, -0.05) is 42.5 Å². The van der Waals surface area contributed by atoms with Crippen molar-refractivity contribution >= 4 is 5.91 Å². The van der Waals surface area contributed by atoms with Gasteiger partial charge in [0, 0.05) is 12.1 Å². The summed E-state index contributed by atoms with van der Waals surface area (Å²) >= 11 is 0. The minimum atomic E-state index is -0.0436. The average molecular weight is 351 g/mol. The van der Waals surface area contributed by atoms with Crippen LogP contribution in [0, 0.1) is 0 Å². The van der Waals surface area contributed by atoms with E-state index in [2.05, 4.69) is 5.32 Å². The van der Waals surface area contributed by atoms with E-state index in [0.717, 1.165) is 22.6 Å². The quantitative estimate of drug-likeness (QED) is 0.654. The van der Waals surface area contributed by atoms with Gasteiger partial charge in [0.25, 0.3) is 5.91 Å². The summed E-state index contributed by atoms with van der Waals surface area (Å²) < 4.78 is 10.7. The Morgan fingerprint density at radius 1 is 1.08 bits per heavy atom. The Morgan fingerprint density at radius 2 is 1.85 bits per heavy atom. The monoisotopic (exact) mass is 351 g/mol. The van der Waals surface area contributed by atoms with Gasteiger partial charge in [-0.15, -0.1) is 0 Å². The molecule has 26 heavy (non-hydrogen) atoms. The van der Waals surface area contributed by atoms with Crippen LogP contribution >= 0.6 is 0 Å². The molecule has 0 aliphatic rings. The number of rotatable bonds is 8. The maximum absolute atomic E-state index is 12.2. The van der Waals surface area contributed by atoms with E-state index in [1.807, 2.05) is 72.0 Å². The summed E-state index contributed by atoms with van der Waals surface area (Å²) in [6.07, 6.45) is 1.66. The van der Waals surface area contributed by atoms with Crippen LogP contribution in [0.2, 0.25) is 0 Å². The molecule has 0 saturated carbocycles. The van der Waals surface area contributed by atoms with Crippen LogP contribution in [0.4, 0.5) is 0 Å². The smallest absolute Gasteiger partial charge is 0.275 e. The van der Waals surface area contributed by atoms with Crippen LogP contribution < -0.4 is 15.4 Å². The lowest BCUT2D eigenvalue weighted by Crippen LogP contribution is -2.87. The van der Waals surface area contributed by atoms with Crippen molar-refractivity contribution in [2.45, 2.75) is 12.6 Å². The Balaban J connectivity index is 1.55. The molecule has 0 spiro atoms. The van der Waals surface area contributed by atoms with Crippen LogP contribution in [-0.2, 0) is 11.3 Å². The number of hydrogen-bond acceptors (Lipinski definition) is 3. The minimum Gasteiger partial charge on any atom is -0.497 e. The highest BCUT2D eigenvalue weighted by molar-refractivity contribution is 5.76. The first-order valence-electron chi connectivity index (χ1n) is 8.57. The van der Waals surface area contributed by atoms with E-state index in [4.69, 9.17) is 9.15 Å². The molecule has 3 aromatic rings. The van der Waals surface area contributed by atoms with E-state index < -0.39 is 0 Å². The Kier molecular flexibility index (Phi) is 6.06. The molecule has 3 N–H and O–H groups in total. The molecule has 1 amide bonds. The maximum atomic E-state index is 12.2. The van der Waals surface area contributed by atoms with Crippen molar-refractivity contribution in [1.82, 2.24) is 5.32 Å². The molecule has 5 heteroatoms. The standard InChI is InChI=1S/C21H22N2O3/c1-25-18-11-9-16(10-12-18)14-22-20(24)15-23-21(19-8-5-13-26-19)17-6-3-2-4-7-17/h2-13,21,23H,14-15H2,1H3,(H,22,24)/p+1/t21-/m0/s1. The lowest BCUT2D eigenvalue weighted by atomic mass is 10.0. The van der Waals surface area contributed by atoms with Gasteiger partial charge in [0.15, 0.2) is 18.3 Å². The topological polar surface area (TPSA) is 68.1 Å². The number of nitrogens with one attached hydrogen (secondary N) is 1. The average Bonchev–Trinajstić information content (AvgIpc) is 3.22. The van der Waals surface area contributed by atoms with Gasteiger partial charge in [0.1, 0.15) is 5.75 Å². The van der Waals surface area contributed by atoms with Crippen LogP contribution in [0.3, 0.4) is 0 Å². The molecule has 0 aliphatic heterocycles. The zero-order valence-corrected chi connectivity index (χ0v) is 14.7. The SMILES string of the molecule is COc1ccc(CNC(=O)C[NH2+][C@@H](c2ccccc2)c2ccco2)cc1. The Hall–Kier alpha value is -3.05. The zero-order valence-electron chi connectivity index (χ0n) is 14.7. The number of furan rings is 1. The zero-order chi connectivity index (χ0) is 18.2. The molecule has 1 heterocycles. The molecule has 0 aliphatic carbocycles. The van der Waals surface area contributed by atoms with Crippen LogP contribution in [0.1, 0.15) is 22.9 Å². The van der Waals surface area contributed by atoms with E-state index >= 15 is 0 Å². The molecule has 2 aromatic carbocycles. The Labute approximate surface area is 153 Å². The van der Waals surface area contributed by atoms with Gasteiger partial charge in [-0.2, -0.15) is 0 Å². The van der Waals surface area contributed by atoms with Crippen LogP contribution in [0.5, 0.6) is 5.75 Å². The molecular formula is C21H23N2O3+. The number of carbonyl (C=O) groups excluding carboxylic acids is 1. The summed E-state index contributed by atoms with van der Waals surface area (Å²) in [5.41, 5.74) is 2.13. The first kappa shape index (κ1) is 17.8. The maximum Gasteiger partial charge on any atom is 0.275 e. The summed E-state index contributed by atoms with van der Waals surface area (Å²) in [7, 11) is 1.63. The van der Waals surface area contributed by atoms with Gasteiger partial charge >= 0.3 is 0 Å². The van der Waals surface area contributed by atoms with Crippen LogP contribution in [0.25, 0.3) is 0 Å². The molecular weight excluding hydrogens is 328 g/mol. The van der Waals surface area contributed by atoms with Gasteiger partial charge in [-0.05, 0) is 29.8 Å². The van der Waals surface area contributed by atoms with Crippen molar-refractivity contribution in [3.05, 3.63) is 89.9 Å². The second-order valence-corrected chi connectivity index (χ2v) is 5.97. The van der Waals surface area contributed by atoms with Gasteiger partial charge in [0.05, 0.1) is 13.4 Å². The number of amides is 1. The number of ether oxygens (including phenoxy) is 1. The Bertz CT molecular complexity index is 799. The fourth-order valence-corrected chi connectivity index (χ4v) is 2.79. The van der Waals surface area contributed by atoms with Crippen molar-refractivity contribution < 1.29 is 19.3 Å². The van der Waals surface area contributed by atoms with Gasteiger partial charge in [0.2, 0.25) is 0 Å². The summed E-state index contributed by atoms with van der Waals surface area (Å²) in [6, 6.07) is 21.4. The number of methoxy groups -OCH3 is 1. The number of nitrogens with two attached hydrogens (primary N) is 1. The third kappa shape index (κ3) is 4.74. The van der Waals surface area contributed by atoms with Crippen molar-refractivity contribution in [2.24, 2.45) is 0 Å². The van der Waals surface area contributed by atoms with Gasteiger partial charge in [-0.3, -0.25) is 4.79 Å². The molecule has 134 valence electrons. The third-order valence-corrected chi connectivity index (χ3v) is 4.20. The van der Waals surface area contributed by atoms with Crippen molar-refractivity contribution in [1.29, 1.82) is 0 Å². The fraction of sp³-hybridized carbons (Fsp3) is 0.190. The molecule has 0 radical (unpaired) electrons. The summed E-state index contributed by atoms with van der Waals surface area (Å²) in [6.45, 7) is 0.809. The predicted molar refractivity (Wildman–Crippen MR) is 98.6 cm³/mol. The van der Waals surface area contributed by atoms with Gasteiger partial charge < -0.3 is 19.8 Å². The second kappa shape index (κ2) is 8.87. The molecule has 0 saturated heterocycles. The summed E-state index contributed by atoms with van der Waals surface area (Å²) in [4.78, 5) is 12.2. The highest BCUT2D eigenvalue weighted by Crippen LogP contribution is 2.18. The molecule has 0 fully saturated rings. The molecule has 1 aromatic heterocycles. The first-order valence-corrected chi connectivity index (χ1v) is 8.57. The molecule has 0 bridgehead atoms. The van der Waals surface area contributed by atoms with E-state index in [1.54, 1.807) is 13.4 Å². The summed E-state index contributed by atoms with van der Waals surface area (Å²) in [5, 5.41) is 4.93. The molecule has 0 unspecified atom stereocenters. The van der Waals surface area contributed by atoms with E-state index in [9.17, 15) is 4.79 Å². The van der Waals surface area contributed by atoms with Crippen LogP contribution in [-0.4, -0.2) is 19.6 Å². The largest absolute Gasteiger partial charge is 0.497 e.